The quantitative estimate of drug-likeness (QED) is 0.828. The van der Waals surface area contributed by atoms with Gasteiger partial charge in [-0.2, -0.15) is 18.3 Å². The Morgan fingerprint density at radius 1 is 1.60 bits per heavy atom. The van der Waals surface area contributed by atoms with Gasteiger partial charge < -0.3 is 10.5 Å². The average molecular weight is 223 g/mol. The van der Waals surface area contributed by atoms with E-state index in [1.54, 1.807) is 13.1 Å². The molecule has 1 atom stereocenters. The Kier molecular flexibility index (Phi) is 3.70. The molecular weight excluding hydrogens is 211 g/mol. The Hall–Kier alpha value is -1.08. The van der Waals surface area contributed by atoms with Crippen molar-refractivity contribution in [3.63, 3.8) is 0 Å². The zero-order valence-corrected chi connectivity index (χ0v) is 8.16. The molecule has 0 aliphatic carbocycles. The number of halogens is 3. The fourth-order valence-corrected chi connectivity index (χ4v) is 1.13. The smallest absolute Gasteiger partial charge is 0.370 e. The molecular formula is C8H12F3N3O. The number of aryl methyl sites for hydroxylation is 1. The summed E-state index contributed by atoms with van der Waals surface area (Å²) in [4.78, 5) is 0. The lowest BCUT2D eigenvalue weighted by Crippen LogP contribution is -2.24. The molecule has 0 aromatic carbocycles. The van der Waals surface area contributed by atoms with Gasteiger partial charge in [-0.25, -0.2) is 0 Å². The molecule has 1 heterocycles. The normalized spacial score (nSPS) is 14.2. The van der Waals surface area contributed by atoms with Crippen LogP contribution in [0.3, 0.4) is 0 Å². The van der Waals surface area contributed by atoms with E-state index in [0.717, 1.165) is 0 Å². The molecule has 1 aromatic rings. The van der Waals surface area contributed by atoms with Gasteiger partial charge in [-0.3, -0.25) is 4.68 Å². The topological polar surface area (TPSA) is 53.1 Å². The summed E-state index contributed by atoms with van der Waals surface area (Å²) in [6.45, 7) is -1.46. The summed E-state index contributed by atoms with van der Waals surface area (Å²) < 4.78 is 41.2. The van der Waals surface area contributed by atoms with E-state index in [9.17, 15) is 13.2 Å². The van der Waals surface area contributed by atoms with Crippen LogP contribution in [0.25, 0.3) is 0 Å². The number of hydrogen-bond donors (Lipinski definition) is 1. The molecule has 0 bridgehead atoms. The van der Waals surface area contributed by atoms with Crippen LogP contribution < -0.4 is 5.73 Å². The van der Waals surface area contributed by atoms with Crippen molar-refractivity contribution in [1.82, 2.24) is 9.78 Å². The molecule has 0 amide bonds. The minimum atomic E-state index is -4.31. The molecule has 7 heteroatoms. The zero-order valence-electron chi connectivity index (χ0n) is 8.16. The maximum absolute atomic E-state index is 11.7. The largest absolute Gasteiger partial charge is 0.411 e. The summed E-state index contributed by atoms with van der Waals surface area (Å²) in [7, 11) is 1.67. The number of ether oxygens (including phenoxy) is 1. The maximum atomic E-state index is 11.7. The molecule has 1 rings (SSSR count). The highest BCUT2D eigenvalue weighted by molar-refractivity contribution is 5.05. The van der Waals surface area contributed by atoms with Gasteiger partial charge in [-0.05, 0) is 6.07 Å². The lowest BCUT2D eigenvalue weighted by atomic mass is 10.2. The van der Waals surface area contributed by atoms with E-state index in [1.165, 1.54) is 10.9 Å². The van der Waals surface area contributed by atoms with Crippen molar-refractivity contribution in [2.75, 3.05) is 13.2 Å². The molecule has 0 saturated carbocycles. The summed E-state index contributed by atoms with van der Waals surface area (Å²) in [6.07, 6.45) is -2.79. The van der Waals surface area contributed by atoms with Crippen LogP contribution in [0, 0.1) is 0 Å². The molecule has 2 N–H and O–H groups in total. The van der Waals surface area contributed by atoms with Crippen molar-refractivity contribution in [2.24, 2.45) is 12.8 Å². The fraction of sp³-hybridized carbons (Fsp3) is 0.625. The van der Waals surface area contributed by atoms with Crippen LogP contribution >= 0.6 is 0 Å². The van der Waals surface area contributed by atoms with Crippen LogP contribution in [0.5, 0.6) is 0 Å². The first-order valence-electron chi connectivity index (χ1n) is 4.28. The number of aromatic nitrogens is 2. The zero-order chi connectivity index (χ0) is 11.5. The molecule has 0 spiro atoms. The molecule has 1 unspecified atom stereocenters. The van der Waals surface area contributed by atoms with Gasteiger partial charge in [0.15, 0.2) is 0 Å². The lowest BCUT2D eigenvalue weighted by molar-refractivity contribution is -0.174. The van der Waals surface area contributed by atoms with E-state index in [2.05, 4.69) is 9.84 Å². The molecule has 86 valence electrons. The third-order valence-corrected chi connectivity index (χ3v) is 1.80. The van der Waals surface area contributed by atoms with Crippen LogP contribution in [-0.4, -0.2) is 29.2 Å². The summed E-state index contributed by atoms with van der Waals surface area (Å²) in [5.41, 5.74) is 6.25. The number of rotatable bonds is 4. The predicted molar refractivity (Wildman–Crippen MR) is 47.0 cm³/mol. The minimum Gasteiger partial charge on any atom is -0.370 e. The van der Waals surface area contributed by atoms with Gasteiger partial charge in [0.05, 0.1) is 18.3 Å². The monoisotopic (exact) mass is 223 g/mol. The first-order valence-corrected chi connectivity index (χ1v) is 4.28. The Labute approximate surface area is 84.8 Å². The van der Waals surface area contributed by atoms with Crippen LogP contribution in [0.1, 0.15) is 11.7 Å². The number of nitrogens with zero attached hydrogens (tertiary/aromatic N) is 2. The van der Waals surface area contributed by atoms with Gasteiger partial charge in [-0.15, -0.1) is 0 Å². The third-order valence-electron chi connectivity index (χ3n) is 1.80. The highest BCUT2D eigenvalue weighted by Gasteiger charge is 2.27. The number of hydrogen-bond acceptors (Lipinski definition) is 3. The van der Waals surface area contributed by atoms with Gasteiger partial charge in [0.2, 0.25) is 0 Å². The molecule has 0 aliphatic heterocycles. The number of nitrogens with two attached hydrogens (primary N) is 1. The van der Waals surface area contributed by atoms with Gasteiger partial charge in [-0.1, -0.05) is 0 Å². The molecule has 0 radical (unpaired) electrons. The van der Waals surface area contributed by atoms with Crippen LogP contribution in [-0.2, 0) is 11.8 Å². The Morgan fingerprint density at radius 3 is 2.73 bits per heavy atom. The summed E-state index contributed by atoms with van der Waals surface area (Å²) in [6, 6.07) is 1.04. The van der Waals surface area contributed by atoms with E-state index < -0.39 is 18.8 Å². The van der Waals surface area contributed by atoms with Gasteiger partial charge in [0, 0.05) is 13.2 Å². The highest BCUT2D eigenvalue weighted by atomic mass is 19.4. The Morgan fingerprint density at radius 2 is 2.27 bits per heavy atom. The summed E-state index contributed by atoms with van der Waals surface area (Å²) in [5, 5.41) is 3.85. The average Bonchev–Trinajstić information content (AvgIpc) is 2.48. The van der Waals surface area contributed by atoms with Crippen molar-refractivity contribution >= 4 is 0 Å². The van der Waals surface area contributed by atoms with E-state index >= 15 is 0 Å². The van der Waals surface area contributed by atoms with Crippen molar-refractivity contribution in [2.45, 2.75) is 12.2 Å². The van der Waals surface area contributed by atoms with E-state index in [1.807, 2.05) is 0 Å². The maximum Gasteiger partial charge on any atom is 0.411 e. The van der Waals surface area contributed by atoms with Gasteiger partial charge >= 0.3 is 6.18 Å². The fourth-order valence-electron chi connectivity index (χ4n) is 1.13. The second kappa shape index (κ2) is 4.63. The van der Waals surface area contributed by atoms with E-state index in [0.29, 0.717) is 5.69 Å². The van der Waals surface area contributed by atoms with Gasteiger partial charge in [0.25, 0.3) is 0 Å². The first kappa shape index (κ1) is 12.0. The standard InChI is InChI=1S/C8H12F3N3O/c1-14-7(2-3-13-14)6(12)4-15-5-8(9,10)11/h2-3,6H,4-5,12H2,1H3. The highest BCUT2D eigenvalue weighted by Crippen LogP contribution is 2.16. The van der Waals surface area contributed by atoms with E-state index in [-0.39, 0.29) is 6.61 Å². The first-order chi connectivity index (χ1) is 6.90. The van der Waals surface area contributed by atoms with Crippen molar-refractivity contribution in [1.29, 1.82) is 0 Å². The third kappa shape index (κ3) is 3.88. The molecule has 0 saturated heterocycles. The van der Waals surface area contributed by atoms with Crippen molar-refractivity contribution in [3.05, 3.63) is 18.0 Å². The second-order valence-corrected chi connectivity index (χ2v) is 3.12. The lowest BCUT2D eigenvalue weighted by Gasteiger charge is -2.13. The number of alkyl halides is 3. The van der Waals surface area contributed by atoms with Crippen molar-refractivity contribution in [3.8, 4) is 0 Å². The Balaban J connectivity index is 2.37. The summed E-state index contributed by atoms with van der Waals surface area (Å²) >= 11 is 0. The molecule has 15 heavy (non-hydrogen) atoms. The second-order valence-electron chi connectivity index (χ2n) is 3.12. The SMILES string of the molecule is Cn1nccc1C(N)COCC(F)(F)F. The minimum absolute atomic E-state index is 0.182. The summed E-state index contributed by atoms with van der Waals surface area (Å²) in [5.74, 6) is 0. The molecule has 0 aliphatic rings. The predicted octanol–water partition coefficient (Wildman–Crippen LogP) is 0.999. The molecule has 4 nitrogen and oxygen atoms in total. The van der Waals surface area contributed by atoms with Crippen LogP contribution in [0.15, 0.2) is 12.3 Å². The molecule has 1 aromatic heterocycles. The van der Waals surface area contributed by atoms with Crippen molar-refractivity contribution < 1.29 is 17.9 Å². The van der Waals surface area contributed by atoms with Gasteiger partial charge in [0.1, 0.15) is 6.61 Å². The van der Waals surface area contributed by atoms with E-state index in [4.69, 9.17) is 5.73 Å². The Bertz CT molecular complexity index is 310. The molecule has 0 fully saturated rings. The van der Waals surface area contributed by atoms with Crippen LogP contribution in [0.2, 0.25) is 0 Å². The van der Waals surface area contributed by atoms with Crippen LogP contribution in [0.4, 0.5) is 13.2 Å².